The number of thioether (sulfide) groups is 1. The Kier molecular flexibility index (Phi) is 5.22. The van der Waals surface area contributed by atoms with Crippen LogP contribution >= 0.6 is 11.8 Å². The van der Waals surface area contributed by atoms with Crippen molar-refractivity contribution in [3.8, 4) is 5.75 Å². The van der Waals surface area contributed by atoms with Gasteiger partial charge >= 0.3 is 6.18 Å². The Hall–Kier alpha value is -2.43. The highest BCUT2D eigenvalue weighted by Crippen LogP contribution is 2.30. The molecule has 0 saturated carbocycles. The number of nitrogens with two attached hydrogens (primary N) is 1. The molecule has 0 radical (unpaired) electrons. The van der Waals surface area contributed by atoms with Crippen LogP contribution in [0.4, 0.5) is 18.9 Å². The quantitative estimate of drug-likeness (QED) is 0.626. The number of amides is 1. The van der Waals surface area contributed by atoms with Gasteiger partial charge in [-0.1, -0.05) is 23.9 Å². The molecule has 130 valence electrons. The number of methoxy groups -OCH3 is 1. The van der Waals surface area contributed by atoms with Crippen molar-refractivity contribution in [3.63, 3.8) is 0 Å². The lowest BCUT2D eigenvalue weighted by Crippen LogP contribution is -2.25. The number of benzene rings is 1. The van der Waals surface area contributed by atoms with Crippen LogP contribution in [0.25, 0.3) is 0 Å². The summed E-state index contributed by atoms with van der Waals surface area (Å²) >= 11 is 0.759. The first-order chi connectivity index (χ1) is 11.2. The van der Waals surface area contributed by atoms with E-state index in [1.807, 2.05) is 0 Å². The van der Waals surface area contributed by atoms with Gasteiger partial charge in [0.25, 0.3) is 5.82 Å². The van der Waals surface area contributed by atoms with E-state index in [0.29, 0.717) is 16.1 Å². The molecule has 0 aliphatic carbocycles. The number of hydrogen-bond donors (Lipinski definition) is 2. The summed E-state index contributed by atoms with van der Waals surface area (Å²) in [5.41, 5.74) is 0.447. The number of carbonyl (C=O) groups is 1. The Balaban J connectivity index is 2.08. The van der Waals surface area contributed by atoms with E-state index >= 15 is 0 Å². The van der Waals surface area contributed by atoms with E-state index in [2.05, 4.69) is 15.5 Å². The predicted molar refractivity (Wildman–Crippen MR) is 82.1 cm³/mol. The Labute approximate surface area is 139 Å². The number of para-hydroxylation sites is 2. The minimum atomic E-state index is -4.72. The third kappa shape index (κ3) is 3.91. The van der Waals surface area contributed by atoms with Crippen molar-refractivity contribution in [3.05, 3.63) is 30.1 Å². The molecule has 2 aromatic rings. The first-order valence-corrected chi connectivity index (χ1v) is 7.50. The molecule has 1 aromatic heterocycles. The largest absolute Gasteiger partial charge is 0.495 e. The number of ether oxygens (including phenoxy) is 1. The Bertz CT molecular complexity index is 735. The van der Waals surface area contributed by atoms with Gasteiger partial charge in [-0.3, -0.25) is 4.79 Å². The van der Waals surface area contributed by atoms with Gasteiger partial charge in [-0.2, -0.15) is 13.2 Å². The van der Waals surface area contributed by atoms with Gasteiger partial charge in [0.15, 0.2) is 0 Å². The second-order valence-corrected chi connectivity index (χ2v) is 5.93. The molecule has 0 spiro atoms. The molecule has 7 nitrogen and oxygen atoms in total. The molecular formula is C13H14F3N5O2S. The summed E-state index contributed by atoms with van der Waals surface area (Å²) in [5.74, 6) is 4.02. The molecule has 0 bridgehead atoms. The summed E-state index contributed by atoms with van der Waals surface area (Å²) in [7, 11) is 1.46. The fraction of sp³-hybridized carbons (Fsp3) is 0.308. The highest BCUT2D eigenvalue weighted by Gasteiger charge is 2.38. The molecule has 3 N–H and O–H groups in total. The van der Waals surface area contributed by atoms with Crippen LogP contribution in [0.5, 0.6) is 5.75 Å². The number of aromatic nitrogens is 3. The van der Waals surface area contributed by atoms with Gasteiger partial charge in [-0.25, -0.2) is 4.68 Å². The van der Waals surface area contributed by atoms with Crippen LogP contribution < -0.4 is 15.9 Å². The monoisotopic (exact) mass is 361 g/mol. The number of anilines is 1. The zero-order chi connectivity index (χ0) is 17.9. The maximum atomic E-state index is 12.6. The fourth-order valence-corrected chi connectivity index (χ4v) is 2.51. The van der Waals surface area contributed by atoms with Gasteiger partial charge in [-0.05, 0) is 19.1 Å². The van der Waals surface area contributed by atoms with Gasteiger partial charge in [-0.15, -0.1) is 10.2 Å². The van der Waals surface area contributed by atoms with Crippen molar-refractivity contribution < 1.29 is 22.7 Å². The van der Waals surface area contributed by atoms with Crippen molar-refractivity contribution >= 4 is 23.4 Å². The number of rotatable bonds is 5. The van der Waals surface area contributed by atoms with E-state index in [-0.39, 0.29) is 5.16 Å². The first-order valence-electron chi connectivity index (χ1n) is 6.62. The fourth-order valence-electron chi connectivity index (χ4n) is 1.74. The van der Waals surface area contributed by atoms with Crippen molar-refractivity contribution in [1.29, 1.82) is 0 Å². The van der Waals surface area contributed by atoms with Crippen molar-refractivity contribution in [1.82, 2.24) is 14.9 Å². The summed E-state index contributed by atoms with van der Waals surface area (Å²) in [5, 5.41) is 8.03. The Morgan fingerprint density at radius 1 is 1.38 bits per heavy atom. The van der Waals surface area contributed by atoms with Crippen LogP contribution in [-0.4, -0.2) is 33.1 Å². The molecule has 0 saturated heterocycles. The van der Waals surface area contributed by atoms with Crippen LogP contribution in [0.15, 0.2) is 29.4 Å². The molecule has 1 heterocycles. The van der Waals surface area contributed by atoms with E-state index in [1.54, 1.807) is 24.3 Å². The van der Waals surface area contributed by atoms with Gasteiger partial charge < -0.3 is 15.9 Å². The molecule has 0 unspecified atom stereocenters. The van der Waals surface area contributed by atoms with Crippen molar-refractivity contribution in [2.75, 3.05) is 18.3 Å². The Morgan fingerprint density at radius 2 is 2.04 bits per heavy atom. The summed E-state index contributed by atoms with van der Waals surface area (Å²) in [6, 6.07) is 6.76. The molecule has 1 aromatic carbocycles. The SMILES string of the molecule is COc1ccccc1NC(=O)[C@H](C)Sc1nnc(C(F)(F)F)n1N. The second-order valence-electron chi connectivity index (χ2n) is 4.62. The molecule has 0 aliphatic heterocycles. The third-order valence-corrected chi connectivity index (χ3v) is 3.99. The van der Waals surface area contributed by atoms with Crippen LogP contribution in [-0.2, 0) is 11.0 Å². The number of nitrogens with zero attached hydrogens (tertiary/aromatic N) is 3. The van der Waals surface area contributed by atoms with Crippen LogP contribution in [0.2, 0.25) is 0 Å². The smallest absolute Gasteiger partial charge is 0.453 e. The second kappa shape index (κ2) is 6.99. The average molecular weight is 361 g/mol. The normalized spacial score (nSPS) is 12.7. The van der Waals surface area contributed by atoms with Crippen LogP contribution in [0.1, 0.15) is 12.7 Å². The van der Waals surface area contributed by atoms with Gasteiger partial charge in [0, 0.05) is 0 Å². The molecule has 2 rings (SSSR count). The minimum Gasteiger partial charge on any atom is -0.495 e. The van der Waals surface area contributed by atoms with Crippen LogP contribution in [0, 0.1) is 0 Å². The molecule has 0 aliphatic rings. The molecular weight excluding hydrogens is 347 g/mol. The summed E-state index contributed by atoms with van der Waals surface area (Å²) in [6.45, 7) is 1.51. The number of nitrogen functional groups attached to an aromatic ring is 1. The highest BCUT2D eigenvalue weighted by atomic mass is 32.2. The van der Waals surface area contributed by atoms with Crippen LogP contribution in [0.3, 0.4) is 0 Å². The van der Waals surface area contributed by atoms with Gasteiger partial charge in [0.05, 0.1) is 18.0 Å². The molecule has 24 heavy (non-hydrogen) atoms. The predicted octanol–water partition coefficient (Wildman–Crippen LogP) is 2.14. The van der Waals surface area contributed by atoms with Gasteiger partial charge in [0.2, 0.25) is 11.1 Å². The number of nitrogens with one attached hydrogen (secondary N) is 1. The van der Waals surface area contributed by atoms with E-state index in [1.165, 1.54) is 14.0 Å². The standard InChI is InChI=1S/C13H14F3N5O2S/c1-7(10(22)18-8-5-3-4-6-9(8)23-2)24-12-20-19-11(21(12)17)13(14,15)16/h3-7H,17H2,1-2H3,(H,18,22)/t7-/m0/s1. The van der Waals surface area contributed by atoms with E-state index in [4.69, 9.17) is 10.6 Å². The number of halogens is 3. The molecule has 1 amide bonds. The maximum absolute atomic E-state index is 12.6. The van der Waals surface area contributed by atoms with E-state index < -0.39 is 23.2 Å². The average Bonchev–Trinajstić information content (AvgIpc) is 2.88. The lowest BCUT2D eigenvalue weighted by Gasteiger charge is -2.13. The molecule has 1 atom stereocenters. The lowest BCUT2D eigenvalue weighted by molar-refractivity contribution is -0.146. The molecule has 0 fully saturated rings. The number of hydrogen-bond acceptors (Lipinski definition) is 6. The third-order valence-electron chi connectivity index (χ3n) is 2.93. The lowest BCUT2D eigenvalue weighted by atomic mass is 10.3. The van der Waals surface area contributed by atoms with Crippen molar-refractivity contribution in [2.24, 2.45) is 0 Å². The molecule has 11 heteroatoms. The topological polar surface area (TPSA) is 95.1 Å². The summed E-state index contributed by atoms with van der Waals surface area (Å²) < 4.78 is 43.3. The zero-order valence-corrected chi connectivity index (χ0v) is 13.5. The van der Waals surface area contributed by atoms with E-state index in [0.717, 1.165) is 11.8 Å². The zero-order valence-electron chi connectivity index (χ0n) is 12.7. The van der Waals surface area contributed by atoms with Gasteiger partial charge in [0.1, 0.15) is 5.75 Å². The van der Waals surface area contributed by atoms with Crippen molar-refractivity contribution in [2.45, 2.75) is 23.5 Å². The highest BCUT2D eigenvalue weighted by molar-refractivity contribution is 8.00. The van der Waals surface area contributed by atoms with E-state index in [9.17, 15) is 18.0 Å². The summed E-state index contributed by atoms with van der Waals surface area (Å²) in [4.78, 5) is 12.2. The number of alkyl halides is 3. The Morgan fingerprint density at radius 3 is 2.62 bits per heavy atom. The number of carbonyl (C=O) groups excluding carboxylic acids is 1. The maximum Gasteiger partial charge on any atom is 0.453 e. The minimum absolute atomic E-state index is 0.218. The first kappa shape index (κ1) is 17.9. The summed E-state index contributed by atoms with van der Waals surface area (Å²) in [6.07, 6.45) is -4.72.